The minimum atomic E-state index is -4.22. The first-order chi connectivity index (χ1) is 23.2. The molecule has 2 unspecified atom stereocenters. The second-order valence-corrected chi connectivity index (χ2v) is 17.5. The summed E-state index contributed by atoms with van der Waals surface area (Å²) < 4.78 is 93.0. The lowest BCUT2D eigenvalue weighted by atomic mass is 9.86. The Morgan fingerprint density at radius 3 is 2.27 bits per heavy atom. The number of sulfonamides is 1. The molecule has 3 fully saturated rings. The molecule has 2 bridgehead atoms. The second-order valence-electron chi connectivity index (χ2n) is 13.5. The smallest absolute Gasteiger partial charge is 0.361 e. The van der Waals surface area contributed by atoms with Crippen molar-refractivity contribution in [3.63, 3.8) is 0 Å². The van der Waals surface area contributed by atoms with E-state index < -0.39 is 47.9 Å². The molecule has 49 heavy (non-hydrogen) atoms. The molecule has 0 radical (unpaired) electrons. The van der Waals surface area contributed by atoms with Crippen LogP contribution in [0.15, 0.2) is 47.4 Å². The summed E-state index contributed by atoms with van der Waals surface area (Å²) >= 11 is 0. The molecule has 5 rings (SSSR count). The van der Waals surface area contributed by atoms with Gasteiger partial charge in [-0.05, 0) is 92.3 Å². The van der Waals surface area contributed by atoms with Crippen molar-refractivity contribution in [3.8, 4) is 0 Å². The Labute approximate surface area is 287 Å². The van der Waals surface area contributed by atoms with Crippen molar-refractivity contribution in [1.29, 1.82) is 0 Å². The largest absolute Gasteiger partial charge is 0.390 e. The highest BCUT2D eigenvalue weighted by Crippen LogP contribution is 2.52. The number of nitrogens with zero attached hydrogens (tertiary/aromatic N) is 1. The summed E-state index contributed by atoms with van der Waals surface area (Å²) in [5.74, 6) is -1.49. The Morgan fingerprint density at radius 1 is 1.02 bits per heavy atom. The Hall–Kier alpha value is -2.29. The number of halogens is 2. The van der Waals surface area contributed by atoms with Crippen molar-refractivity contribution >= 4 is 28.8 Å². The van der Waals surface area contributed by atoms with Crippen LogP contribution in [0.1, 0.15) is 46.1 Å². The van der Waals surface area contributed by atoms with Crippen LogP contribution in [0.3, 0.4) is 0 Å². The third-order valence-corrected chi connectivity index (χ3v) is 13.5. The van der Waals surface area contributed by atoms with E-state index in [1.54, 1.807) is 13.8 Å². The SMILES string of the molecule is CCOP(=O)(OCC)c1ccc(S(=O)(=O)N(CC(C)C)C[C@@H](O)[C@H](Cc2cc(F)cc(F)c2)NC(=O)C[C@H]2C3CO[C@H]4OC[C@@H]2C4C3)cc1. The van der Waals surface area contributed by atoms with E-state index in [0.717, 1.165) is 28.9 Å². The lowest BCUT2D eigenvalue weighted by molar-refractivity contribution is -0.165. The van der Waals surface area contributed by atoms with Gasteiger partial charge in [-0.1, -0.05) is 13.8 Å². The van der Waals surface area contributed by atoms with Gasteiger partial charge in [0.15, 0.2) is 6.29 Å². The first-order valence-electron chi connectivity index (χ1n) is 16.9. The van der Waals surface area contributed by atoms with Gasteiger partial charge in [0.05, 0.1) is 48.8 Å². The number of aliphatic hydroxyl groups is 1. The molecule has 2 aliphatic heterocycles. The highest BCUT2D eigenvalue weighted by Gasteiger charge is 2.54. The lowest BCUT2D eigenvalue weighted by Crippen LogP contribution is -2.51. The number of aliphatic hydroxyl groups excluding tert-OH is 1. The van der Waals surface area contributed by atoms with Crippen LogP contribution < -0.4 is 10.6 Å². The molecule has 1 amide bonds. The summed E-state index contributed by atoms with van der Waals surface area (Å²) in [6.45, 7) is 7.88. The van der Waals surface area contributed by atoms with Crippen LogP contribution in [0.2, 0.25) is 0 Å². The van der Waals surface area contributed by atoms with Gasteiger partial charge in [-0.2, -0.15) is 4.31 Å². The zero-order valence-electron chi connectivity index (χ0n) is 28.3. The molecule has 1 aliphatic carbocycles. The van der Waals surface area contributed by atoms with Gasteiger partial charge >= 0.3 is 7.60 Å². The van der Waals surface area contributed by atoms with E-state index in [9.17, 15) is 31.7 Å². The normalized spacial score (nSPS) is 24.8. The number of benzene rings is 2. The van der Waals surface area contributed by atoms with E-state index in [2.05, 4.69) is 5.32 Å². The van der Waals surface area contributed by atoms with Crippen LogP contribution in [0.4, 0.5) is 8.78 Å². The number of amides is 1. The van der Waals surface area contributed by atoms with Gasteiger partial charge in [0, 0.05) is 31.5 Å². The maximum absolute atomic E-state index is 14.2. The number of ether oxygens (including phenoxy) is 2. The van der Waals surface area contributed by atoms with Crippen molar-refractivity contribution in [1.82, 2.24) is 9.62 Å². The van der Waals surface area contributed by atoms with Crippen LogP contribution in [0, 0.1) is 41.2 Å². The predicted octanol–water partition coefficient (Wildman–Crippen LogP) is 4.24. The predicted molar refractivity (Wildman–Crippen MR) is 177 cm³/mol. The highest BCUT2D eigenvalue weighted by atomic mass is 32.2. The zero-order chi connectivity index (χ0) is 35.5. The van der Waals surface area contributed by atoms with Crippen LogP contribution in [-0.4, -0.2) is 81.7 Å². The van der Waals surface area contributed by atoms with Gasteiger partial charge in [-0.15, -0.1) is 0 Å². The summed E-state index contributed by atoms with van der Waals surface area (Å²) in [6.07, 6.45) is -0.774. The minimum Gasteiger partial charge on any atom is -0.390 e. The molecule has 15 heteroatoms. The number of carbonyl (C=O) groups excluding carboxylic acids is 1. The first kappa shape index (κ1) is 38.0. The molecule has 7 atom stereocenters. The van der Waals surface area contributed by atoms with E-state index in [4.69, 9.17) is 18.5 Å². The summed E-state index contributed by atoms with van der Waals surface area (Å²) in [5.41, 5.74) is 0.195. The maximum Gasteiger partial charge on any atom is 0.361 e. The molecule has 2 N–H and O–H groups in total. The standard InChI is InChI=1S/C34H47F2N2O9PS/c1-5-46-48(41,47-6-2)26-7-9-27(10-8-26)49(42,43)38(17-21(3)4)18-32(39)31(13-22-11-24(35)15-25(36)12-22)37-33(40)16-28-23-14-29-30(28)20-45-34(29)44-19-23/h7-12,15,21,23,28-32,34,39H,5-6,13-14,16-20H2,1-4H3,(H,37,40)/t23?,28-,29?,30-,31-,32+,34-/m0/s1. The molecule has 2 aromatic rings. The summed E-state index contributed by atoms with van der Waals surface area (Å²) in [5, 5.41) is 14.7. The number of carbonyl (C=O) groups is 1. The van der Waals surface area contributed by atoms with Crippen LogP contribution in [-0.2, 0) is 44.3 Å². The molecule has 3 aliphatic rings. The number of rotatable bonds is 17. The third-order valence-electron chi connectivity index (χ3n) is 9.52. The van der Waals surface area contributed by atoms with Crippen molar-refractivity contribution in [3.05, 3.63) is 59.7 Å². The number of nitrogens with one attached hydrogen (secondary N) is 1. The van der Waals surface area contributed by atoms with Crippen LogP contribution in [0.5, 0.6) is 0 Å². The summed E-state index contributed by atoms with van der Waals surface area (Å²) in [4.78, 5) is 13.5. The Balaban J connectivity index is 1.37. The summed E-state index contributed by atoms with van der Waals surface area (Å²) in [7, 11) is -7.88. The van der Waals surface area contributed by atoms with E-state index in [1.807, 2.05) is 13.8 Å². The molecule has 0 aromatic heterocycles. The molecule has 2 saturated heterocycles. The van der Waals surface area contributed by atoms with Gasteiger partial charge < -0.3 is 28.9 Å². The second kappa shape index (κ2) is 15.9. The zero-order valence-corrected chi connectivity index (χ0v) is 30.0. The molecular weight excluding hydrogens is 681 g/mol. The van der Waals surface area contributed by atoms with Gasteiger partial charge in [-0.3, -0.25) is 9.36 Å². The number of hydrogen-bond donors (Lipinski definition) is 2. The summed E-state index contributed by atoms with van der Waals surface area (Å²) in [6, 6.07) is 7.27. The van der Waals surface area contributed by atoms with Crippen molar-refractivity contribution < 1.29 is 50.2 Å². The van der Waals surface area contributed by atoms with Crippen molar-refractivity contribution in [2.24, 2.45) is 29.6 Å². The Kier molecular flexibility index (Phi) is 12.3. The van der Waals surface area contributed by atoms with Crippen molar-refractivity contribution in [2.75, 3.05) is 39.5 Å². The van der Waals surface area contributed by atoms with Gasteiger partial charge in [0.25, 0.3) is 0 Å². The fourth-order valence-electron chi connectivity index (χ4n) is 7.39. The maximum atomic E-state index is 14.2. The molecule has 2 aromatic carbocycles. The van der Waals surface area contributed by atoms with E-state index in [0.29, 0.717) is 13.2 Å². The molecule has 272 valence electrons. The molecule has 11 nitrogen and oxygen atoms in total. The Bertz CT molecular complexity index is 1580. The van der Waals surface area contributed by atoms with E-state index in [1.165, 1.54) is 24.3 Å². The fraction of sp³-hybridized carbons (Fsp3) is 0.618. The molecule has 2 heterocycles. The quantitative estimate of drug-likeness (QED) is 0.229. The fourth-order valence-corrected chi connectivity index (χ4v) is 10.6. The third kappa shape index (κ3) is 8.78. The Morgan fingerprint density at radius 2 is 1.65 bits per heavy atom. The van der Waals surface area contributed by atoms with Crippen LogP contribution in [0.25, 0.3) is 0 Å². The average Bonchev–Trinajstić information content (AvgIpc) is 3.56. The van der Waals surface area contributed by atoms with Gasteiger partial charge in [0.2, 0.25) is 15.9 Å². The number of fused-ring (bicyclic) bond motifs is 1. The van der Waals surface area contributed by atoms with Gasteiger partial charge in [0.1, 0.15) is 11.6 Å². The first-order valence-corrected chi connectivity index (χ1v) is 19.9. The molecular formula is C34H47F2N2O9PS. The molecule has 1 saturated carbocycles. The van der Waals surface area contributed by atoms with E-state index in [-0.39, 0.29) is 90.2 Å². The average molecular weight is 729 g/mol. The van der Waals surface area contributed by atoms with E-state index >= 15 is 0 Å². The van der Waals surface area contributed by atoms with Crippen molar-refractivity contribution in [2.45, 2.75) is 70.3 Å². The van der Waals surface area contributed by atoms with Crippen LogP contribution >= 0.6 is 7.60 Å². The van der Waals surface area contributed by atoms with Gasteiger partial charge in [-0.25, -0.2) is 17.2 Å². The highest BCUT2D eigenvalue weighted by molar-refractivity contribution is 7.89. The topological polar surface area (TPSA) is 141 Å². The molecule has 0 spiro atoms. The monoisotopic (exact) mass is 728 g/mol. The lowest BCUT2D eigenvalue weighted by Gasteiger charge is -2.32. The number of hydrogen-bond acceptors (Lipinski definition) is 9. The minimum absolute atomic E-state index is 0.0171.